The molecule has 1 aliphatic rings. The zero-order chi connectivity index (χ0) is 17.0. The lowest BCUT2D eigenvalue weighted by Crippen LogP contribution is -2.32. The standard InChI is InChI=1S/C18H16BrN3O2/c19-13-4-3-5-15(10-13)24-16-7-6-14(11-21-16)22-17(23)18(12-20)8-1-2-9-18/h3-7,10-11H,1-2,8-9H2,(H,22,23). The number of carbonyl (C=O) groups excluding carboxylic acids is 1. The number of amides is 1. The van der Waals surface area contributed by atoms with Gasteiger partial charge in [-0.1, -0.05) is 34.8 Å². The van der Waals surface area contributed by atoms with E-state index in [-0.39, 0.29) is 5.91 Å². The molecule has 0 bridgehead atoms. The molecule has 2 aromatic rings. The van der Waals surface area contributed by atoms with Gasteiger partial charge in [0.15, 0.2) is 0 Å². The van der Waals surface area contributed by atoms with Gasteiger partial charge in [-0.15, -0.1) is 0 Å². The Labute approximate surface area is 148 Å². The Hall–Kier alpha value is -2.39. The summed E-state index contributed by atoms with van der Waals surface area (Å²) in [6, 6.07) is 13.0. The van der Waals surface area contributed by atoms with Gasteiger partial charge in [0.2, 0.25) is 11.8 Å². The summed E-state index contributed by atoms with van der Waals surface area (Å²) in [5.74, 6) is 0.856. The van der Waals surface area contributed by atoms with Crippen LogP contribution in [0.15, 0.2) is 47.1 Å². The minimum Gasteiger partial charge on any atom is -0.439 e. The topological polar surface area (TPSA) is 75.0 Å². The average molecular weight is 386 g/mol. The lowest BCUT2D eigenvalue weighted by atomic mass is 9.87. The van der Waals surface area contributed by atoms with Gasteiger partial charge in [-0.2, -0.15) is 5.26 Å². The molecule has 1 aromatic carbocycles. The Morgan fingerprint density at radius 1 is 1.29 bits per heavy atom. The fourth-order valence-corrected chi connectivity index (χ4v) is 3.16. The average Bonchev–Trinajstić information content (AvgIpc) is 3.07. The number of nitrogens with one attached hydrogen (secondary N) is 1. The predicted molar refractivity (Wildman–Crippen MR) is 93.6 cm³/mol. The molecule has 1 aliphatic carbocycles. The summed E-state index contributed by atoms with van der Waals surface area (Å²) in [7, 11) is 0. The first-order chi connectivity index (χ1) is 11.6. The maximum absolute atomic E-state index is 12.4. The summed E-state index contributed by atoms with van der Waals surface area (Å²) in [6.45, 7) is 0. The number of carbonyl (C=O) groups is 1. The molecule has 0 saturated heterocycles. The number of hydrogen-bond donors (Lipinski definition) is 1. The largest absolute Gasteiger partial charge is 0.439 e. The fraction of sp³-hybridized carbons (Fsp3) is 0.278. The molecule has 0 aliphatic heterocycles. The molecule has 1 amide bonds. The van der Waals surface area contributed by atoms with Gasteiger partial charge in [0.05, 0.1) is 18.0 Å². The number of pyridine rings is 1. The number of anilines is 1. The van der Waals surface area contributed by atoms with Crippen LogP contribution in [0, 0.1) is 16.7 Å². The van der Waals surface area contributed by atoms with E-state index in [2.05, 4.69) is 32.3 Å². The Morgan fingerprint density at radius 3 is 2.71 bits per heavy atom. The highest BCUT2D eigenvalue weighted by Crippen LogP contribution is 2.38. The maximum atomic E-state index is 12.4. The highest BCUT2D eigenvalue weighted by molar-refractivity contribution is 9.10. The Balaban J connectivity index is 1.66. The van der Waals surface area contributed by atoms with Crippen LogP contribution in [0.25, 0.3) is 0 Å². The van der Waals surface area contributed by atoms with Crippen molar-refractivity contribution in [2.24, 2.45) is 5.41 Å². The molecule has 0 radical (unpaired) electrons. The van der Waals surface area contributed by atoms with Crippen molar-refractivity contribution in [3.63, 3.8) is 0 Å². The van der Waals surface area contributed by atoms with Crippen molar-refractivity contribution in [2.45, 2.75) is 25.7 Å². The molecule has 0 unspecified atom stereocenters. The zero-order valence-corrected chi connectivity index (χ0v) is 14.5. The third-order valence-electron chi connectivity index (χ3n) is 4.12. The van der Waals surface area contributed by atoms with E-state index in [1.165, 1.54) is 6.20 Å². The van der Waals surface area contributed by atoms with Gasteiger partial charge in [-0.25, -0.2) is 4.98 Å². The van der Waals surface area contributed by atoms with E-state index >= 15 is 0 Å². The highest BCUT2D eigenvalue weighted by atomic mass is 79.9. The molecule has 1 saturated carbocycles. The molecule has 1 N–H and O–H groups in total. The molecule has 122 valence electrons. The molecule has 1 heterocycles. The van der Waals surface area contributed by atoms with Crippen molar-refractivity contribution in [3.8, 4) is 17.7 Å². The van der Waals surface area contributed by atoms with E-state index < -0.39 is 5.41 Å². The molecular weight excluding hydrogens is 370 g/mol. The third kappa shape index (κ3) is 3.57. The van der Waals surface area contributed by atoms with Crippen LogP contribution in [0.2, 0.25) is 0 Å². The smallest absolute Gasteiger partial charge is 0.244 e. The Morgan fingerprint density at radius 2 is 2.08 bits per heavy atom. The van der Waals surface area contributed by atoms with Crippen LogP contribution in [-0.4, -0.2) is 10.9 Å². The van der Waals surface area contributed by atoms with Crippen LogP contribution in [-0.2, 0) is 4.79 Å². The highest BCUT2D eigenvalue weighted by Gasteiger charge is 2.41. The number of benzene rings is 1. The molecule has 1 aromatic heterocycles. The number of hydrogen-bond acceptors (Lipinski definition) is 4. The van der Waals surface area contributed by atoms with Crippen molar-refractivity contribution in [2.75, 3.05) is 5.32 Å². The van der Waals surface area contributed by atoms with Crippen LogP contribution < -0.4 is 10.1 Å². The summed E-state index contributed by atoms with van der Waals surface area (Å²) in [6.07, 6.45) is 4.60. The van der Waals surface area contributed by atoms with E-state index in [1.807, 2.05) is 24.3 Å². The lowest BCUT2D eigenvalue weighted by molar-refractivity contribution is -0.122. The minimum atomic E-state index is -0.897. The molecule has 0 atom stereocenters. The van der Waals surface area contributed by atoms with Gasteiger partial charge in [0.25, 0.3) is 0 Å². The predicted octanol–water partition coefficient (Wildman–Crippen LogP) is 4.66. The number of nitriles is 1. The fourth-order valence-electron chi connectivity index (χ4n) is 2.78. The molecule has 6 heteroatoms. The number of halogens is 1. The maximum Gasteiger partial charge on any atom is 0.244 e. The Kier molecular flexibility index (Phi) is 4.81. The van der Waals surface area contributed by atoms with Crippen LogP contribution in [0.4, 0.5) is 5.69 Å². The second kappa shape index (κ2) is 7.02. The second-order valence-corrected chi connectivity index (χ2v) is 6.72. The monoisotopic (exact) mass is 385 g/mol. The molecule has 0 spiro atoms. The minimum absolute atomic E-state index is 0.245. The number of ether oxygens (including phenoxy) is 1. The molecule has 24 heavy (non-hydrogen) atoms. The SMILES string of the molecule is N#CC1(C(=O)Nc2ccc(Oc3cccc(Br)c3)nc2)CCCC1. The van der Waals surface area contributed by atoms with Crippen LogP contribution >= 0.6 is 15.9 Å². The molecular formula is C18H16BrN3O2. The van der Waals surface area contributed by atoms with Gasteiger partial charge in [0, 0.05) is 10.5 Å². The molecule has 3 rings (SSSR count). The van der Waals surface area contributed by atoms with Gasteiger partial charge >= 0.3 is 0 Å². The summed E-state index contributed by atoms with van der Waals surface area (Å²) >= 11 is 3.38. The summed E-state index contributed by atoms with van der Waals surface area (Å²) < 4.78 is 6.57. The van der Waals surface area contributed by atoms with E-state index in [0.717, 1.165) is 17.3 Å². The number of aromatic nitrogens is 1. The van der Waals surface area contributed by atoms with Gasteiger partial charge in [0.1, 0.15) is 11.2 Å². The van der Waals surface area contributed by atoms with Crippen molar-refractivity contribution in [1.82, 2.24) is 4.98 Å². The Bertz CT molecular complexity index is 778. The first kappa shape index (κ1) is 16.5. The van der Waals surface area contributed by atoms with Gasteiger partial charge < -0.3 is 10.1 Å². The van der Waals surface area contributed by atoms with Crippen molar-refractivity contribution >= 4 is 27.5 Å². The van der Waals surface area contributed by atoms with E-state index in [1.54, 1.807) is 12.1 Å². The molecule has 1 fully saturated rings. The zero-order valence-electron chi connectivity index (χ0n) is 13.0. The van der Waals surface area contributed by atoms with E-state index in [0.29, 0.717) is 30.2 Å². The quantitative estimate of drug-likeness (QED) is 0.830. The van der Waals surface area contributed by atoms with E-state index in [4.69, 9.17) is 4.74 Å². The van der Waals surface area contributed by atoms with Crippen molar-refractivity contribution in [1.29, 1.82) is 5.26 Å². The number of rotatable bonds is 4. The van der Waals surface area contributed by atoms with Gasteiger partial charge in [-0.05, 0) is 37.1 Å². The second-order valence-electron chi connectivity index (χ2n) is 5.80. The first-order valence-corrected chi connectivity index (χ1v) is 8.53. The van der Waals surface area contributed by atoms with Crippen LogP contribution in [0.3, 0.4) is 0 Å². The van der Waals surface area contributed by atoms with E-state index in [9.17, 15) is 10.1 Å². The first-order valence-electron chi connectivity index (χ1n) is 7.73. The third-order valence-corrected chi connectivity index (χ3v) is 4.61. The van der Waals surface area contributed by atoms with Crippen molar-refractivity contribution in [3.05, 3.63) is 47.1 Å². The number of nitrogens with zero attached hydrogens (tertiary/aromatic N) is 2. The summed E-state index contributed by atoms with van der Waals surface area (Å²) in [5.41, 5.74) is -0.339. The van der Waals surface area contributed by atoms with Crippen LogP contribution in [0.5, 0.6) is 11.6 Å². The van der Waals surface area contributed by atoms with Gasteiger partial charge in [-0.3, -0.25) is 4.79 Å². The van der Waals surface area contributed by atoms with Crippen molar-refractivity contribution < 1.29 is 9.53 Å². The normalized spacial score (nSPS) is 15.5. The van der Waals surface area contributed by atoms with Crippen LogP contribution in [0.1, 0.15) is 25.7 Å². The molecule has 5 nitrogen and oxygen atoms in total. The lowest BCUT2D eigenvalue weighted by Gasteiger charge is -2.19. The summed E-state index contributed by atoms with van der Waals surface area (Å²) in [5, 5.41) is 12.1. The summed E-state index contributed by atoms with van der Waals surface area (Å²) in [4.78, 5) is 16.6.